The van der Waals surface area contributed by atoms with Crippen LogP contribution < -0.4 is 0 Å². The second-order valence-electron chi connectivity index (χ2n) is 2.55. The minimum atomic E-state index is -0.406. The van der Waals surface area contributed by atoms with E-state index < -0.39 is 5.97 Å². The summed E-state index contributed by atoms with van der Waals surface area (Å²) < 4.78 is 4.44. The first-order valence-corrected chi connectivity index (χ1v) is 4.23. The molecule has 0 saturated heterocycles. The molecule has 0 fully saturated rings. The van der Waals surface area contributed by atoms with Gasteiger partial charge in [0.1, 0.15) is 6.29 Å². The van der Waals surface area contributed by atoms with E-state index in [1.165, 1.54) is 7.11 Å². The van der Waals surface area contributed by atoms with Gasteiger partial charge in [0.25, 0.3) is 0 Å². The lowest BCUT2D eigenvalue weighted by atomic mass is 10.1. The van der Waals surface area contributed by atoms with E-state index in [1.807, 2.05) is 6.08 Å². The highest BCUT2D eigenvalue weighted by molar-refractivity contribution is 5.84. The number of hydrogen-bond acceptors (Lipinski definition) is 3. The highest BCUT2D eigenvalue weighted by Gasteiger charge is 2.03. The number of carbonyl (C=O) groups excluding carboxylic acids is 2. The molecule has 0 amide bonds. The summed E-state index contributed by atoms with van der Waals surface area (Å²) in [4.78, 5) is 21.3. The van der Waals surface area contributed by atoms with Crippen LogP contribution in [0.15, 0.2) is 36.5 Å². The van der Waals surface area contributed by atoms with E-state index in [9.17, 15) is 9.59 Å². The molecule has 0 unspecified atom stereocenters. The lowest BCUT2D eigenvalue weighted by Gasteiger charge is -1.97. The second-order valence-corrected chi connectivity index (χ2v) is 2.55. The van der Waals surface area contributed by atoms with Crippen LogP contribution in [0.2, 0.25) is 0 Å². The van der Waals surface area contributed by atoms with Crippen LogP contribution in [0.3, 0.4) is 0 Å². The van der Waals surface area contributed by atoms with Crippen LogP contribution in [0.25, 0.3) is 0 Å². The van der Waals surface area contributed by atoms with E-state index in [-0.39, 0.29) is 6.42 Å². The van der Waals surface area contributed by atoms with E-state index in [1.54, 1.807) is 18.2 Å². The number of methoxy groups -OCH3 is 1. The second kappa shape index (κ2) is 7.98. The summed E-state index contributed by atoms with van der Waals surface area (Å²) in [6, 6.07) is 0. The summed E-state index contributed by atoms with van der Waals surface area (Å²) in [5.74, 6) is -0.406. The minimum Gasteiger partial charge on any atom is -0.469 e. The third-order valence-corrected chi connectivity index (χ3v) is 1.52. The zero-order valence-electron chi connectivity index (χ0n) is 8.23. The van der Waals surface area contributed by atoms with Crippen molar-refractivity contribution in [1.29, 1.82) is 0 Å². The van der Waals surface area contributed by atoms with E-state index in [4.69, 9.17) is 0 Å². The zero-order chi connectivity index (χ0) is 10.8. The summed E-state index contributed by atoms with van der Waals surface area (Å²) >= 11 is 0. The van der Waals surface area contributed by atoms with Gasteiger partial charge in [-0.05, 0) is 12.0 Å². The van der Waals surface area contributed by atoms with Crippen LogP contribution >= 0.6 is 0 Å². The Kier molecular flexibility index (Phi) is 7.05. The van der Waals surface area contributed by atoms with Gasteiger partial charge in [-0.15, -0.1) is 0 Å². The minimum absolute atomic E-state index is 0.0297. The first-order valence-electron chi connectivity index (χ1n) is 4.23. The molecule has 3 heteroatoms. The largest absolute Gasteiger partial charge is 0.469 e. The van der Waals surface area contributed by atoms with Crippen molar-refractivity contribution >= 4 is 12.3 Å². The van der Waals surface area contributed by atoms with Crippen molar-refractivity contribution in [3.05, 3.63) is 36.5 Å². The molecule has 0 saturated carbocycles. The Labute approximate surface area is 83.8 Å². The number of ether oxygens (including phenoxy) is 1. The molecule has 0 aliphatic heterocycles. The quantitative estimate of drug-likeness (QED) is 0.280. The van der Waals surface area contributed by atoms with Gasteiger partial charge in [-0.2, -0.15) is 0 Å². The molecule has 14 heavy (non-hydrogen) atoms. The molecule has 0 aromatic heterocycles. The van der Waals surface area contributed by atoms with Gasteiger partial charge in [0.05, 0.1) is 13.5 Å². The number of esters is 1. The van der Waals surface area contributed by atoms with Crippen LogP contribution in [0.4, 0.5) is 0 Å². The van der Waals surface area contributed by atoms with Gasteiger partial charge >= 0.3 is 5.97 Å². The predicted octanol–water partition coefficient (Wildman–Crippen LogP) is 1.81. The summed E-state index contributed by atoms with van der Waals surface area (Å²) in [5, 5.41) is 0. The first-order chi connectivity index (χ1) is 6.74. The van der Waals surface area contributed by atoms with Crippen molar-refractivity contribution in [2.24, 2.45) is 0 Å². The van der Waals surface area contributed by atoms with E-state index in [0.29, 0.717) is 18.3 Å². The fraction of sp³-hybridized carbons (Fsp3) is 0.273. The van der Waals surface area contributed by atoms with Crippen molar-refractivity contribution in [2.45, 2.75) is 12.8 Å². The van der Waals surface area contributed by atoms with Crippen molar-refractivity contribution in [1.82, 2.24) is 0 Å². The van der Waals surface area contributed by atoms with Gasteiger partial charge in [-0.1, -0.05) is 30.9 Å². The Morgan fingerprint density at radius 2 is 2.21 bits per heavy atom. The third-order valence-electron chi connectivity index (χ3n) is 1.52. The number of hydrogen-bond donors (Lipinski definition) is 0. The summed E-state index contributed by atoms with van der Waals surface area (Å²) in [7, 11) is 1.29. The van der Waals surface area contributed by atoms with Crippen LogP contribution in [0, 0.1) is 0 Å². The Morgan fingerprint density at radius 3 is 2.71 bits per heavy atom. The lowest BCUT2D eigenvalue weighted by molar-refractivity contribution is -0.140. The Bertz CT molecular complexity index is 262. The molecule has 3 nitrogen and oxygen atoms in total. The summed E-state index contributed by atoms with van der Waals surface area (Å²) in [6.07, 6.45) is 8.25. The van der Waals surface area contributed by atoms with E-state index in [2.05, 4.69) is 11.3 Å². The fourth-order valence-corrected chi connectivity index (χ4v) is 0.795. The normalized spacial score (nSPS) is 11.4. The maximum Gasteiger partial charge on any atom is 0.310 e. The van der Waals surface area contributed by atoms with E-state index >= 15 is 0 Å². The zero-order valence-corrected chi connectivity index (χ0v) is 8.23. The predicted molar refractivity (Wildman–Crippen MR) is 54.7 cm³/mol. The van der Waals surface area contributed by atoms with Crippen LogP contribution in [-0.4, -0.2) is 19.4 Å². The molecule has 0 atom stereocenters. The van der Waals surface area contributed by atoms with Crippen LogP contribution in [-0.2, 0) is 14.3 Å². The lowest BCUT2D eigenvalue weighted by Crippen LogP contribution is -2.02. The number of rotatable bonds is 6. The third kappa shape index (κ3) is 5.94. The average Bonchev–Trinajstić information content (AvgIpc) is 2.22. The van der Waals surface area contributed by atoms with Gasteiger partial charge in [-0.25, -0.2) is 0 Å². The molecule has 0 aromatic carbocycles. The molecule has 76 valence electrons. The molecular weight excluding hydrogens is 180 g/mol. The van der Waals surface area contributed by atoms with Gasteiger partial charge in [0.15, 0.2) is 0 Å². The molecular formula is C11H14O3. The monoisotopic (exact) mass is 194 g/mol. The molecule has 0 radical (unpaired) electrons. The fourth-order valence-electron chi connectivity index (χ4n) is 0.795. The first kappa shape index (κ1) is 12.4. The molecule has 0 N–H and O–H groups in total. The smallest absolute Gasteiger partial charge is 0.310 e. The van der Waals surface area contributed by atoms with Crippen molar-refractivity contribution in [3.8, 4) is 0 Å². The summed E-state index contributed by atoms with van der Waals surface area (Å²) in [6.45, 7) is 3.51. The molecule has 0 aromatic rings. The van der Waals surface area contributed by atoms with Crippen molar-refractivity contribution in [3.63, 3.8) is 0 Å². The summed E-state index contributed by atoms with van der Waals surface area (Å²) in [5.41, 5.74) is 0.436. The Morgan fingerprint density at radius 1 is 1.50 bits per heavy atom. The maximum absolute atomic E-state index is 10.8. The van der Waals surface area contributed by atoms with Gasteiger partial charge in [0, 0.05) is 0 Å². The molecule has 0 spiro atoms. The molecule has 0 rings (SSSR count). The number of carbonyl (C=O) groups is 2. The maximum atomic E-state index is 10.8. The van der Waals surface area contributed by atoms with E-state index in [0.717, 1.165) is 0 Å². The average molecular weight is 194 g/mol. The molecule has 0 heterocycles. The SMILES string of the molecule is C=C/C=C\C/C=C(\C=O)CC(=O)OC. The van der Waals surface area contributed by atoms with Crippen LogP contribution in [0.5, 0.6) is 0 Å². The highest BCUT2D eigenvalue weighted by atomic mass is 16.5. The van der Waals surface area contributed by atoms with Crippen molar-refractivity contribution < 1.29 is 14.3 Å². The topological polar surface area (TPSA) is 43.4 Å². The standard InChI is InChI=1S/C11H14O3/c1-3-4-5-6-7-10(9-12)8-11(13)14-2/h3-5,7,9H,1,6,8H2,2H3/b5-4-,10-7-. The van der Waals surface area contributed by atoms with Gasteiger partial charge < -0.3 is 4.74 Å². The van der Waals surface area contributed by atoms with Gasteiger partial charge in [0.2, 0.25) is 0 Å². The molecule has 0 aliphatic rings. The Balaban J connectivity index is 4.11. The highest BCUT2D eigenvalue weighted by Crippen LogP contribution is 2.01. The molecule has 0 bridgehead atoms. The molecule has 0 aliphatic carbocycles. The number of allylic oxidation sites excluding steroid dienone is 4. The van der Waals surface area contributed by atoms with Crippen LogP contribution in [0.1, 0.15) is 12.8 Å². The van der Waals surface area contributed by atoms with Crippen molar-refractivity contribution in [2.75, 3.05) is 7.11 Å². The number of aldehydes is 1. The Hall–Kier alpha value is -1.64. The van der Waals surface area contributed by atoms with Gasteiger partial charge in [-0.3, -0.25) is 9.59 Å².